The number of nitrogens with two attached hydrogens (primary N) is 1. The number of likely N-dealkylation sites (N-methyl/N-ethyl adjacent to an activating group) is 1. The lowest BCUT2D eigenvalue weighted by Gasteiger charge is -2.18. The van der Waals surface area contributed by atoms with Gasteiger partial charge in [0.15, 0.2) is 0 Å². The second-order valence-corrected chi connectivity index (χ2v) is 4.24. The summed E-state index contributed by atoms with van der Waals surface area (Å²) in [6.07, 6.45) is 0. The van der Waals surface area contributed by atoms with Gasteiger partial charge in [0.25, 0.3) is 5.91 Å². The molecule has 0 heterocycles. The van der Waals surface area contributed by atoms with E-state index < -0.39 is 0 Å². The fraction of sp³-hybridized carbons (Fsp3) is 0.500. The molecule has 0 saturated carbocycles. The van der Waals surface area contributed by atoms with Gasteiger partial charge in [0.2, 0.25) is 0 Å². The largest absolute Gasteiger partial charge is 0.496 e. The first-order valence-electron chi connectivity index (χ1n) is 6.56. The van der Waals surface area contributed by atoms with Crippen LogP contribution in [0, 0.1) is 0 Å². The molecule has 0 aliphatic carbocycles. The molecule has 3 N–H and O–H groups in total. The predicted molar refractivity (Wildman–Crippen MR) is 77.5 cm³/mol. The first-order chi connectivity index (χ1) is 9.12. The van der Waals surface area contributed by atoms with Crippen LogP contribution >= 0.6 is 0 Å². The van der Waals surface area contributed by atoms with Crippen LogP contribution in [-0.2, 0) is 0 Å². The van der Waals surface area contributed by atoms with E-state index >= 15 is 0 Å². The van der Waals surface area contributed by atoms with Crippen molar-refractivity contribution in [2.24, 2.45) is 0 Å². The molecule has 1 aromatic carbocycles. The van der Waals surface area contributed by atoms with E-state index in [-0.39, 0.29) is 5.91 Å². The maximum Gasteiger partial charge on any atom is 0.255 e. The average molecular weight is 265 g/mol. The van der Waals surface area contributed by atoms with Gasteiger partial charge in [-0.3, -0.25) is 4.79 Å². The smallest absolute Gasteiger partial charge is 0.255 e. The van der Waals surface area contributed by atoms with Gasteiger partial charge >= 0.3 is 0 Å². The van der Waals surface area contributed by atoms with Crippen LogP contribution in [0.1, 0.15) is 24.2 Å². The predicted octanol–water partition coefficient (Wildman–Crippen LogP) is 1.35. The van der Waals surface area contributed by atoms with Crippen molar-refractivity contribution in [3.63, 3.8) is 0 Å². The van der Waals surface area contributed by atoms with Crippen LogP contribution in [0.15, 0.2) is 18.2 Å². The fourth-order valence-corrected chi connectivity index (χ4v) is 1.86. The number of hydrogen-bond acceptors (Lipinski definition) is 4. The van der Waals surface area contributed by atoms with E-state index in [1.807, 2.05) is 0 Å². The molecular formula is C14H23N3O2. The molecule has 0 aliphatic rings. The maximum atomic E-state index is 12.0. The average Bonchev–Trinajstić information content (AvgIpc) is 2.43. The maximum absolute atomic E-state index is 12.0. The van der Waals surface area contributed by atoms with Crippen molar-refractivity contribution in [1.82, 2.24) is 10.2 Å². The van der Waals surface area contributed by atoms with Crippen LogP contribution in [-0.4, -0.2) is 44.1 Å². The Balaban J connectivity index is 2.58. The third-order valence-corrected chi connectivity index (χ3v) is 3.08. The number of amides is 1. The summed E-state index contributed by atoms with van der Waals surface area (Å²) in [5.41, 5.74) is 6.75. The molecule has 1 aromatic rings. The molecule has 1 rings (SSSR count). The third-order valence-electron chi connectivity index (χ3n) is 3.08. The van der Waals surface area contributed by atoms with Crippen molar-refractivity contribution in [1.29, 1.82) is 0 Å². The quantitative estimate of drug-likeness (QED) is 0.730. The van der Waals surface area contributed by atoms with E-state index in [1.54, 1.807) is 18.2 Å². The van der Waals surface area contributed by atoms with Gasteiger partial charge < -0.3 is 20.7 Å². The number of methoxy groups -OCH3 is 1. The van der Waals surface area contributed by atoms with Gasteiger partial charge in [-0.2, -0.15) is 0 Å². The number of rotatable bonds is 7. The molecule has 1 amide bonds. The highest BCUT2D eigenvalue weighted by molar-refractivity contribution is 5.97. The monoisotopic (exact) mass is 265 g/mol. The molecule has 0 radical (unpaired) electrons. The molecule has 5 heteroatoms. The minimum atomic E-state index is -0.135. The number of carbonyl (C=O) groups excluding carboxylic acids is 1. The Morgan fingerprint density at radius 2 is 2.05 bits per heavy atom. The summed E-state index contributed by atoms with van der Waals surface area (Å²) in [4.78, 5) is 14.3. The zero-order valence-electron chi connectivity index (χ0n) is 11.9. The number of anilines is 1. The van der Waals surface area contributed by atoms with Crippen LogP contribution in [0.3, 0.4) is 0 Å². The van der Waals surface area contributed by atoms with Crippen molar-refractivity contribution in [3.8, 4) is 5.75 Å². The van der Waals surface area contributed by atoms with E-state index in [1.165, 1.54) is 7.11 Å². The SMILES string of the molecule is CCN(CC)CCNC(=O)c1ccc(N)cc1OC. The molecule has 0 bridgehead atoms. The highest BCUT2D eigenvalue weighted by Gasteiger charge is 2.12. The van der Waals surface area contributed by atoms with Crippen LogP contribution in [0.2, 0.25) is 0 Å². The van der Waals surface area contributed by atoms with Crippen molar-refractivity contribution in [3.05, 3.63) is 23.8 Å². The summed E-state index contributed by atoms with van der Waals surface area (Å²) in [6.45, 7) is 7.64. The lowest BCUT2D eigenvalue weighted by molar-refractivity contribution is 0.0946. The second kappa shape index (κ2) is 7.63. The molecule has 106 valence electrons. The number of nitrogens with one attached hydrogen (secondary N) is 1. The normalized spacial score (nSPS) is 10.5. The third kappa shape index (κ3) is 4.44. The minimum absolute atomic E-state index is 0.135. The van der Waals surface area contributed by atoms with E-state index in [0.717, 1.165) is 19.6 Å². The summed E-state index contributed by atoms with van der Waals surface area (Å²) < 4.78 is 5.17. The van der Waals surface area contributed by atoms with Crippen LogP contribution in [0.25, 0.3) is 0 Å². The topological polar surface area (TPSA) is 67.6 Å². The molecule has 19 heavy (non-hydrogen) atoms. The molecule has 0 unspecified atom stereocenters. The van der Waals surface area contributed by atoms with Crippen LogP contribution < -0.4 is 15.8 Å². The standard InChI is InChI=1S/C14H23N3O2/c1-4-17(5-2)9-8-16-14(18)12-7-6-11(15)10-13(12)19-3/h6-7,10H,4-5,8-9,15H2,1-3H3,(H,16,18). The van der Waals surface area contributed by atoms with E-state index in [9.17, 15) is 4.79 Å². The summed E-state index contributed by atoms with van der Waals surface area (Å²) in [5, 5.41) is 2.89. The number of carbonyl (C=O) groups is 1. The van der Waals surface area contributed by atoms with E-state index in [0.29, 0.717) is 23.5 Å². The Bertz CT molecular complexity index is 417. The summed E-state index contributed by atoms with van der Waals surface area (Å²) in [7, 11) is 1.53. The van der Waals surface area contributed by atoms with Gasteiger partial charge in [-0.05, 0) is 25.2 Å². The van der Waals surface area contributed by atoms with Crippen LogP contribution in [0.4, 0.5) is 5.69 Å². The molecule has 5 nitrogen and oxygen atoms in total. The van der Waals surface area contributed by atoms with Crippen molar-refractivity contribution < 1.29 is 9.53 Å². The first kappa shape index (κ1) is 15.3. The summed E-state index contributed by atoms with van der Waals surface area (Å²) in [5.74, 6) is 0.365. The van der Waals surface area contributed by atoms with Crippen LogP contribution in [0.5, 0.6) is 5.75 Å². The summed E-state index contributed by atoms with van der Waals surface area (Å²) in [6, 6.07) is 5.03. The van der Waals surface area contributed by atoms with Gasteiger partial charge in [0.05, 0.1) is 12.7 Å². The Hall–Kier alpha value is -1.75. The molecule has 0 fully saturated rings. The van der Waals surface area contributed by atoms with E-state index in [2.05, 4.69) is 24.1 Å². The second-order valence-electron chi connectivity index (χ2n) is 4.24. The number of benzene rings is 1. The lowest BCUT2D eigenvalue weighted by atomic mass is 10.1. The molecule has 0 spiro atoms. The molecule has 0 atom stereocenters. The number of nitrogen functional groups attached to an aromatic ring is 1. The Kier molecular flexibility index (Phi) is 6.15. The zero-order chi connectivity index (χ0) is 14.3. The highest BCUT2D eigenvalue weighted by Crippen LogP contribution is 2.21. The first-order valence-corrected chi connectivity index (χ1v) is 6.56. The van der Waals surface area contributed by atoms with Gasteiger partial charge in [-0.1, -0.05) is 13.8 Å². The number of hydrogen-bond donors (Lipinski definition) is 2. The van der Waals surface area contributed by atoms with Gasteiger partial charge in [-0.25, -0.2) is 0 Å². The van der Waals surface area contributed by atoms with Gasteiger partial charge in [-0.15, -0.1) is 0 Å². The minimum Gasteiger partial charge on any atom is -0.496 e. The fourth-order valence-electron chi connectivity index (χ4n) is 1.86. The highest BCUT2D eigenvalue weighted by atomic mass is 16.5. The van der Waals surface area contributed by atoms with Gasteiger partial charge in [0.1, 0.15) is 5.75 Å². The number of nitrogens with zero attached hydrogens (tertiary/aromatic N) is 1. The Morgan fingerprint density at radius 1 is 1.37 bits per heavy atom. The lowest BCUT2D eigenvalue weighted by Crippen LogP contribution is -2.34. The van der Waals surface area contributed by atoms with Gasteiger partial charge in [0, 0.05) is 24.8 Å². The zero-order valence-corrected chi connectivity index (χ0v) is 11.9. The van der Waals surface area contributed by atoms with Crippen molar-refractivity contribution in [2.75, 3.05) is 39.0 Å². The molecule has 0 aromatic heterocycles. The molecular weight excluding hydrogens is 242 g/mol. The Morgan fingerprint density at radius 3 is 2.63 bits per heavy atom. The summed E-state index contributed by atoms with van der Waals surface area (Å²) >= 11 is 0. The Labute approximate surface area is 114 Å². The van der Waals surface area contributed by atoms with Crippen molar-refractivity contribution in [2.45, 2.75) is 13.8 Å². The molecule has 0 saturated heterocycles. The van der Waals surface area contributed by atoms with Crippen molar-refractivity contribution >= 4 is 11.6 Å². The molecule has 0 aliphatic heterocycles. The van der Waals surface area contributed by atoms with E-state index in [4.69, 9.17) is 10.5 Å². The number of ether oxygens (including phenoxy) is 1.